The number of carbonyl (C=O) groups is 1. The summed E-state index contributed by atoms with van der Waals surface area (Å²) in [5.74, 6) is -0.268. The van der Waals surface area contributed by atoms with Gasteiger partial charge >= 0.3 is 5.97 Å². The molecule has 0 saturated heterocycles. The van der Waals surface area contributed by atoms with Gasteiger partial charge in [-0.3, -0.25) is 9.78 Å². The van der Waals surface area contributed by atoms with Crippen LogP contribution in [0.1, 0.15) is 25.3 Å². The van der Waals surface area contributed by atoms with E-state index < -0.39 is 26.8 Å². The fourth-order valence-corrected chi connectivity index (χ4v) is 6.05. The number of hydrogen-bond donors (Lipinski definition) is 3. The van der Waals surface area contributed by atoms with E-state index in [2.05, 4.69) is 27.5 Å². The zero-order valence-electron chi connectivity index (χ0n) is 17.6. The zero-order chi connectivity index (χ0) is 23.5. The van der Waals surface area contributed by atoms with Crippen molar-refractivity contribution in [1.29, 1.82) is 0 Å². The van der Waals surface area contributed by atoms with Gasteiger partial charge in [0.2, 0.25) is 10.0 Å². The van der Waals surface area contributed by atoms with Crippen LogP contribution in [0, 0.1) is 6.92 Å². The second kappa shape index (κ2) is 9.65. The van der Waals surface area contributed by atoms with Crippen LogP contribution in [0.2, 0.25) is 0 Å². The number of nitrogens with zero attached hydrogens (tertiary/aromatic N) is 2. The number of aryl methyl sites for hydroxylation is 1. The van der Waals surface area contributed by atoms with Crippen LogP contribution in [0.4, 0.5) is 0 Å². The predicted octanol–water partition coefficient (Wildman–Crippen LogP) is 3.78. The molecule has 0 radical (unpaired) electrons. The lowest BCUT2D eigenvalue weighted by atomic mass is 10.1. The molecule has 0 bridgehead atoms. The fraction of sp³-hybridized carbons (Fsp3) is 0.286. The second-order valence-electron chi connectivity index (χ2n) is 7.63. The van der Waals surface area contributed by atoms with Crippen LogP contribution in [0.25, 0.3) is 11.1 Å². The first kappa shape index (κ1) is 24.3. The SMILES string of the molecule is Cc1cc(CSC(C)(C)[C@@H](NS(=O)(=O)c2ccc(-c3ccncc3)cc2S)C(=O)O)no1. The standard InChI is InChI=1S/C21H23N3O5S3/c1-13-10-16(23-29-13)12-31-21(2,3)19(20(25)26)24-32(27,28)18-5-4-15(11-17(18)30)14-6-8-22-9-7-14/h4-11,19,24,30H,12H2,1-3H3,(H,25,26)/t19-/m0/s1. The highest BCUT2D eigenvalue weighted by molar-refractivity contribution is 8.00. The largest absolute Gasteiger partial charge is 0.480 e. The molecule has 8 nitrogen and oxygen atoms in total. The molecule has 0 aliphatic carbocycles. The third-order valence-electron chi connectivity index (χ3n) is 4.75. The maximum atomic E-state index is 13.1. The van der Waals surface area contributed by atoms with E-state index in [1.165, 1.54) is 17.8 Å². The van der Waals surface area contributed by atoms with Gasteiger partial charge in [-0.05, 0) is 56.2 Å². The average Bonchev–Trinajstić information content (AvgIpc) is 3.16. The third kappa shape index (κ3) is 5.71. The van der Waals surface area contributed by atoms with Gasteiger partial charge < -0.3 is 9.63 Å². The third-order valence-corrected chi connectivity index (χ3v) is 8.17. The number of sulfonamides is 1. The van der Waals surface area contributed by atoms with Crippen LogP contribution < -0.4 is 4.72 Å². The van der Waals surface area contributed by atoms with Gasteiger partial charge in [-0.2, -0.15) is 4.72 Å². The second-order valence-corrected chi connectivity index (χ2v) is 11.4. The Kier molecular flexibility index (Phi) is 7.33. The smallest absolute Gasteiger partial charge is 0.323 e. The average molecular weight is 494 g/mol. The van der Waals surface area contributed by atoms with E-state index in [4.69, 9.17) is 4.52 Å². The van der Waals surface area contributed by atoms with Crippen molar-refractivity contribution in [2.24, 2.45) is 0 Å². The van der Waals surface area contributed by atoms with Crippen molar-refractivity contribution in [3.63, 3.8) is 0 Å². The molecule has 0 aliphatic rings. The van der Waals surface area contributed by atoms with Crippen LogP contribution in [0.3, 0.4) is 0 Å². The molecule has 0 aliphatic heterocycles. The monoisotopic (exact) mass is 493 g/mol. The summed E-state index contributed by atoms with van der Waals surface area (Å²) in [5, 5.41) is 13.7. The molecule has 0 saturated carbocycles. The molecule has 32 heavy (non-hydrogen) atoms. The highest BCUT2D eigenvalue weighted by Gasteiger charge is 2.39. The minimum atomic E-state index is -4.16. The number of pyridine rings is 1. The first-order valence-corrected chi connectivity index (χ1v) is 12.5. The van der Waals surface area contributed by atoms with E-state index in [0.717, 1.165) is 11.1 Å². The lowest BCUT2D eigenvalue weighted by Crippen LogP contribution is -2.52. The fourth-order valence-electron chi connectivity index (χ4n) is 3.01. The Bertz CT molecular complexity index is 1210. The number of carboxylic acids is 1. The summed E-state index contributed by atoms with van der Waals surface area (Å²) >= 11 is 5.61. The first-order chi connectivity index (χ1) is 15.0. The summed E-state index contributed by atoms with van der Waals surface area (Å²) < 4.78 is 32.5. The molecule has 0 spiro atoms. The number of benzene rings is 1. The molecular formula is C21H23N3O5S3. The Morgan fingerprint density at radius 3 is 2.47 bits per heavy atom. The Morgan fingerprint density at radius 2 is 1.91 bits per heavy atom. The van der Waals surface area contributed by atoms with Gasteiger partial charge in [0, 0.05) is 33.9 Å². The van der Waals surface area contributed by atoms with E-state index in [1.807, 2.05) is 0 Å². The van der Waals surface area contributed by atoms with Crippen LogP contribution in [0.15, 0.2) is 63.1 Å². The molecule has 3 rings (SSSR count). The van der Waals surface area contributed by atoms with E-state index in [0.29, 0.717) is 17.2 Å². The van der Waals surface area contributed by atoms with E-state index in [9.17, 15) is 18.3 Å². The van der Waals surface area contributed by atoms with Gasteiger partial charge in [-0.1, -0.05) is 11.2 Å². The number of aliphatic carboxylic acids is 1. The quantitative estimate of drug-likeness (QED) is 0.385. The molecule has 0 amide bonds. The Morgan fingerprint density at radius 1 is 1.22 bits per heavy atom. The summed E-state index contributed by atoms with van der Waals surface area (Å²) in [5.41, 5.74) is 2.28. The van der Waals surface area contributed by atoms with Crippen molar-refractivity contribution in [2.75, 3.05) is 0 Å². The first-order valence-electron chi connectivity index (χ1n) is 9.54. The molecule has 1 atom stereocenters. The molecule has 2 heterocycles. The summed E-state index contributed by atoms with van der Waals surface area (Å²) in [6.45, 7) is 5.09. The molecule has 2 N–H and O–H groups in total. The highest BCUT2D eigenvalue weighted by Crippen LogP contribution is 2.33. The number of hydrogen-bond acceptors (Lipinski definition) is 8. The number of aromatic nitrogens is 2. The topological polar surface area (TPSA) is 122 Å². The molecule has 0 fully saturated rings. The maximum Gasteiger partial charge on any atom is 0.323 e. The van der Waals surface area contributed by atoms with Crippen molar-refractivity contribution in [2.45, 2.75) is 47.1 Å². The number of carboxylic acid groups (broad SMARTS) is 1. The van der Waals surface area contributed by atoms with Gasteiger partial charge in [-0.15, -0.1) is 24.4 Å². The molecule has 1 aromatic carbocycles. The van der Waals surface area contributed by atoms with Crippen molar-refractivity contribution in [1.82, 2.24) is 14.9 Å². The van der Waals surface area contributed by atoms with E-state index >= 15 is 0 Å². The minimum absolute atomic E-state index is 0.0992. The molecule has 11 heteroatoms. The summed E-state index contributed by atoms with van der Waals surface area (Å²) in [7, 11) is -4.16. The summed E-state index contributed by atoms with van der Waals surface area (Å²) in [6, 6.07) is 8.63. The summed E-state index contributed by atoms with van der Waals surface area (Å²) in [4.78, 5) is 16.1. The number of thiol groups is 1. The molecule has 0 unspecified atom stereocenters. The molecule has 2 aromatic heterocycles. The lowest BCUT2D eigenvalue weighted by molar-refractivity contribution is -0.139. The van der Waals surface area contributed by atoms with Gasteiger partial charge in [-0.25, -0.2) is 8.42 Å². The van der Waals surface area contributed by atoms with Crippen LogP contribution >= 0.6 is 24.4 Å². The van der Waals surface area contributed by atoms with Crippen molar-refractivity contribution >= 4 is 40.4 Å². The lowest BCUT2D eigenvalue weighted by Gasteiger charge is -2.31. The normalized spacial score (nSPS) is 13.1. The van der Waals surface area contributed by atoms with Gasteiger partial charge in [0.1, 0.15) is 11.8 Å². The highest BCUT2D eigenvalue weighted by atomic mass is 32.2. The molecular weight excluding hydrogens is 470 g/mol. The van der Waals surface area contributed by atoms with Crippen molar-refractivity contribution in [3.05, 3.63) is 60.2 Å². The summed E-state index contributed by atoms with van der Waals surface area (Å²) in [6.07, 6.45) is 3.27. The van der Waals surface area contributed by atoms with E-state index in [-0.39, 0.29) is 9.79 Å². The Balaban J connectivity index is 1.82. The zero-order valence-corrected chi connectivity index (χ0v) is 20.2. The van der Waals surface area contributed by atoms with Crippen LogP contribution in [-0.2, 0) is 20.6 Å². The van der Waals surface area contributed by atoms with Crippen LogP contribution in [0.5, 0.6) is 0 Å². The molecule has 3 aromatic rings. The Hall–Kier alpha value is -2.34. The van der Waals surface area contributed by atoms with Crippen LogP contribution in [-0.4, -0.2) is 40.4 Å². The van der Waals surface area contributed by atoms with Gasteiger partial charge in [0.15, 0.2) is 0 Å². The minimum Gasteiger partial charge on any atom is -0.480 e. The maximum absolute atomic E-state index is 13.1. The van der Waals surface area contributed by atoms with Gasteiger partial charge in [0.25, 0.3) is 0 Å². The van der Waals surface area contributed by atoms with E-state index in [1.54, 1.807) is 63.5 Å². The number of rotatable bonds is 9. The van der Waals surface area contributed by atoms with Crippen molar-refractivity contribution < 1.29 is 22.8 Å². The molecule has 170 valence electrons. The van der Waals surface area contributed by atoms with Gasteiger partial charge in [0.05, 0.1) is 10.6 Å². The predicted molar refractivity (Wildman–Crippen MR) is 125 cm³/mol. The Labute approximate surface area is 196 Å². The number of nitrogens with one attached hydrogen (secondary N) is 1. The number of thioether (sulfide) groups is 1. The van der Waals surface area contributed by atoms with Crippen molar-refractivity contribution in [3.8, 4) is 11.1 Å².